The molecule has 0 spiro atoms. The molecule has 1 atom stereocenters. The van der Waals surface area contributed by atoms with Gasteiger partial charge in [0.25, 0.3) is 0 Å². The maximum absolute atomic E-state index is 13.7. The van der Waals surface area contributed by atoms with Crippen molar-refractivity contribution >= 4 is 10.0 Å². The van der Waals surface area contributed by atoms with E-state index in [0.717, 1.165) is 19.3 Å². The number of piperidine rings is 1. The molecule has 2 N–H and O–H groups in total. The Morgan fingerprint density at radius 3 is 2.45 bits per heavy atom. The summed E-state index contributed by atoms with van der Waals surface area (Å²) in [6.07, 6.45) is 2.62. The Kier molecular flexibility index (Phi) is 4.46. The molecule has 1 unspecified atom stereocenters. The maximum atomic E-state index is 13.7. The third-order valence-electron chi connectivity index (χ3n) is 3.86. The van der Waals surface area contributed by atoms with Crippen molar-refractivity contribution in [2.24, 2.45) is 5.73 Å². The average molecular weight is 300 g/mol. The van der Waals surface area contributed by atoms with Gasteiger partial charge in [-0.15, -0.1) is 0 Å². The van der Waals surface area contributed by atoms with Crippen LogP contribution >= 0.6 is 0 Å². The Balaban J connectivity index is 2.44. The minimum atomic E-state index is -3.60. The van der Waals surface area contributed by atoms with Crippen molar-refractivity contribution in [3.05, 3.63) is 29.1 Å². The first kappa shape index (κ1) is 15.4. The highest BCUT2D eigenvalue weighted by Gasteiger charge is 2.33. The topological polar surface area (TPSA) is 63.4 Å². The van der Waals surface area contributed by atoms with E-state index >= 15 is 0 Å². The molecule has 1 aromatic rings. The normalized spacial score (nSPS) is 21.1. The van der Waals surface area contributed by atoms with E-state index in [-0.39, 0.29) is 16.8 Å². The molecule has 0 bridgehead atoms. The summed E-state index contributed by atoms with van der Waals surface area (Å²) >= 11 is 0. The number of nitrogens with zero attached hydrogens (tertiary/aromatic N) is 1. The van der Waals surface area contributed by atoms with Crippen LogP contribution in [0.1, 0.15) is 30.4 Å². The Morgan fingerprint density at radius 1 is 1.30 bits per heavy atom. The smallest absolute Gasteiger partial charge is 0.243 e. The average Bonchev–Trinajstić information content (AvgIpc) is 2.44. The van der Waals surface area contributed by atoms with E-state index in [1.807, 2.05) is 0 Å². The molecular weight excluding hydrogens is 279 g/mol. The summed E-state index contributed by atoms with van der Waals surface area (Å²) in [7, 11) is -3.60. The molecule has 1 aromatic carbocycles. The quantitative estimate of drug-likeness (QED) is 0.928. The number of hydrogen-bond acceptors (Lipinski definition) is 3. The zero-order valence-corrected chi connectivity index (χ0v) is 12.7. The zero-order chi connectivity index (χ0) is 14.9. The summed E-state index contributed by atoms with van der Waals surface area (Å²) < 4.78 is 40.6. The van der Waals surface area contributed by atoms with E-state index in [1.54, 1.807) is 13.8 Å². The van der Waals surface area contributed by atoms with Crippen LogP contribution in [0.3, 0.4) is 0 Å². The van der Waals surface area contributed by atoms with Gasteiger partial charge in [0.2, 0.25) is 10.0 Å². The van der Waals surface area contributed by atoms with E-state index in [0.29, 0.717) is 24.2 Å². The maximum Gasteiger partial charge on any atom is 0.243 e. The molecule has 0 amide bonds. The van der Waals surface area contributed by atoms with Crippen molar-refractivity contribution in [1.82, 2.24) is 4.31 Å². The lowest BCUT2D eigenvalue weighted by molar-refractivity contribution is 0.257. The minimum Gasteiger partial charge on any atom is -0.329 e. The fourth-order valence-electron chi connectivity index (χ4n) is 2.72. The number of benzene rings is 1. The third-order valence-corrected chi connectivity index (χ3v) is 5.79. The highest BCUT2D eigenvalue weighted by Crippen LogP contribution is 2.27. The van der Waals surface area contributed by atoms with Gasteiger partial charge in [-0.25, -0.2) is 12.8 Å². The summed E-state index contributed by atoms with van der Waals surface area (Å²) in [5.74, 6) is -0.349. The molecule has 6 heteroatoms. The molecule has 2 rings (SSSR count). The second-order valence-electron chi connectivity index (χ2n) is 5.37. The largest absolute Gasteiger partial charge is 0.329 e. The van der Waals surface area contributed by atoms with Gasteiger partial charge >= 0.3 is 0 Å². The second-order valence-corrected chi connectivity index (χ2v) is 7.26. The number of sulfonamides is 1. The summed E-state index contributed by atoms with van der Waals surface area (Å²) in [6.45, 7) is 3.97. The number of nitrogens with two attached hydrogens (primary N) is 1. The minimum absolute atomic E-state index is 0.153. The summed E-state index contributed by atoms with van der Waals surface area (Å²) in [4.78, 5) is 0.161. The lowest BCUT2D eigenvalue weighted by atomic mass is 10.1. The fraction of sp³-hybridized carbons (Fsp3) is 0.571. The van der Waals surface area contributed by atoms with Crippen LogP contribution in [0.5, 0.6) is 0 Å². The SMILES string of the molecule is Cc1cc(S(=O)(=O)N2CCCCC2CN)cc(C)c1F. The van der Waals surface area contributed by atoms with Crippen LogP contribution in [0.2, 0.25) is 0 Å². The van der Waals surface area contributed by atoms with E-state index in [1.165, 1.54) is 16.4 Å². The molecule has 20 heavy (non-hydrogen) atoms. The predicted octanol–water partition coefficient (Wildman–Crippen LogP) is 1.94. The molecule has 0 radical (unpaired) electrons. The van der Waals surface area contributed by atoms with Gasteiger partial charge in [-0.1, -0.05) is 6.42 Å². The van der Waals surface area contributed by atoms with Gasteiger partial charge in [-0.2, -0.15) is 4.31 Å². The highest BCUT2D eigenvalue weighted by molar-refractivity contribution is 7.89. The van der Waals surface area contributed by atoms with Crippen molar-refractivity contribution < 1.29 is 12.8 Å². The number of aryl methyl sites for hydroxylation is 2. The fourth-order valence-corrected chi connectivity index (χ4v) is 4.59. The van der Waals surface area contributed by atoms with Crippen LogP contribution in [0.15, 0.2) is 17.0 Å². The lowest BCUT2D eigenvalue weighted by Gasteiger charge is -2.34. The van der Waals surface area contributed by atoms with Crippen molar-refractivity contribution in [1.29, 1.82) is 0 Å². The van der Waals surface area contributed by atoms with Crippen LogP contribution in [-0.2, 0) is 10.0 Å². The van der Waals surface area contributed by atoms with E-state index in [2.05, 4.69) is 0 Å². The third kappa shape index (κ3) is 2.73. The lowest BCUT2D eigenvalue weighted by Crippen LogP contribution is -2.47. The van der Waals surface area contributed by atoms with E-state index in [4.69, 9.17) is 5.73 Å². The molecule has 1 fully saturated rings. The Labute approximate surface area is 119 Å². The number of hydrogen-bond donors (Lipinski definition) is 1. The van der Waals surface area contributed by atoms with Gasteiger partial charge < -0.3 is 5.73 Å². The van der Waals surface area contributed by atoms with Gasteiger partial charge in [-0.3, -0.25) is 0 Å². The number of halogens is 1. The monoisotopic (exact) mass is 300 g/mol. The predicted molar refractivity (Wildman–Crippen MR) is 76.5 cm³/mol. The molecule has 1 saturated heterocycles. The van der Waals surface area contributed by atoms with Gasteiger partial charge in [0, 0.05) is 19.1 Å². The first-order valence-electron chi connectivity index (χ1n) is 6.86. The van der Waals surface area contributed by atoms with Crippen molar-refractivity contribution in [3.8, 4) is 0 Å². The Morgan fingerprint density at radius 2 is 1.90 bits per heavy atom. The second kappa shape index (κ2) is 5.79. The molecule has 1 aliphatic rings. The van der Waals surface area contributed by atoms with Crippen LogP contribution < -0.4 is 5.73 Å². The van der Waals surface area contributed by atoms with Gasteiger partial charge in [0.05, 0.1) is 4.90 Å². The summed E-state index contributed by atoms with van der Waals surface area (Å²) in [5, 5.41) is 0. The first-order valence-corrected chi connectivity index (χ1v) is 8.30. The molecule has 4 nitrogen and oxygen atoms in total. The van der Waals surface area contributed by atoms with Crippen LogP contribution in [-0.4, -0.2) is 31.9 Å². The Bertz CT molecular complexity index is 578. The first-order chi connectivity index (χ1) is 9.37. The zero-order valence-electron chi connectivity index (χ0n) is 11.9. The van der Waals surface area contributed by atoms with Gasteiger partial charge in [0.1, 0.15) is 5.82 Å². The number of rotatable bonds is 3. The molecule has 0 aromatic heterocycles. The molecule has 112 valence electrons. The van der Waals surface area contributed by atoms with Crippen molar-refractivity contribution in [3.63, 3.8) is 0 Å². The molecule has 0 saturated carbocycles. The van der Waals surface area contributed by atoms with Crippen molar-refractivity contribution in [2.75, 3.05) is 13.1 Å². The van der Waals surface area contributed by atoms with E-state index in [9.17, 15) is 12.8 Å². The molecule has 0 aliphatic carbocycles. The van der Waals surface area contributed by atoms with Crippen LogP contribution in [0, 0.1) is 19.7 Å². The Hall–Kier alpha value is -0.980. The molecule has 1 aliphatic heterocycles. The summed E-state index contributed by atoms with van der Waals surface area (Å²) in [5.41, 5.74) is 6.39. The standard InChI is InChI=1S/C14H21FN2O2S/c1-10-7-13(8-11(2)14(10)15)20(18,19)17-6-4-3-5-12(17)9-16/h7-8,12H,3-6,9,16H2,1-2H3. The molecule has 1 heterocycles. The van der Waals surface area contributed by atoms with Gasteiger partial charge in [0.15, 0.2) is 0 Å². The van der Waals surface area contributed by atoms with E-state index < -0.39 is 10.0 Å². The van der Waals surface area contributed by atoms with Gasteiger partial charge in [-0.05, 0) is 49.9 Å². The van der Waals surface area contributed by atoms with Crippen LogP contribution in [0.25, 0.3) is 0 Å². The van der Waals surface area contributed by atoms with Crippen LogP contribution in [0.4, 0.5) is 4.39 Å². The summed E-state index contributed by atoms with van der Waals surface area (Å²) in [6, 6.07) is 2.65. The highest BCUT2D eigenvalue weighted by atomic mass is 32.2. The molecular formula is C14H21FN2O2S. The van der Waals surface area contributed by atoms with Crippen molar-refractivity contribution in [2.45, 2.75) is 44.0 Å².